The Bertz CT molecular complexity index is 1660. The van der Waals surface area contributed by atoms with Crippen molar-refractivity contribution in [3.8, 4) is 5.75 Å². The fourth-order valence-corrected chi connectivity index (χ4v) is 4.37. The summed E-state index contributed by atoms with van der Waals surface area (Å²) in [5, 5.41) is 9.63. The van der Waals surface area contributed by atoms with Crippen LogP contribution in [0.15, 0.2) is 69.1 Å². The van der Waals surface area contributed by atoms with Crippen molar-refractivity contribution in [2.24, 2.45) is 10.9 Å². The van der Waals surface area contributed by atoms with E-state index in [1.165, 1.54) is 33.7 Å². The molecule has 0 aliphatic heterocycles. The molecule has 3 heterocycles. The lowest BCUT2D eigenvalue weighted by Gasteiger charge is -2.14. The molecule has 1 N–H and O–H groups in total. The summed E-state index contributed by atoms with van der Waals surface area (Å²) < 4.78 is 35.3. The van der Waals surface area contributed by atoms with Crippen LogP contribution in [-0.2, 0) is 6.61 Å². The summed E-state index contributed by atoms with van der Waals surface area (Å²) in [7, 11) is 0. The van der Waals surface area contributed by atoms with Gasteiger partial charge in [0.1, 0.15) is 34.7 Å². The van der Waals surface area contributed by atoms with Crippen LogP contribution in [0.2, 0.25) is 5.02 Å². The van der Waals surface area contributed by atoms with E-state index in [0.717, 1.165) is 19.0 Å². The van der Waals surface area contributed by atoms with Gasteiger partial charge in [-0.2, -0.15) is 0 Å². The molecule has 0 unspecified atom stereocenters. The molecule has 3 aromatic heterocycles. The number of halogens is 3. The van der Waals surface area contributed by atoms with E-state index in [-0.39, 0.29) is 40.4 Å². The zero-order chi connectivity index (χ0) is 29.8. The van der Waals surface area contributed by atoms with Gasteiger partial charge in [0.25, 0.3) is 11.1 Å². The number of hydrogen-bond acceptors (Lipinski definition) is 6. The number of ether oxygens (including phenoxy) is 1. The van der Waals surface area contributed by atoms with Crippen molar-refractivity contribution in [2.75, 3.05) is 0 Å². The van der Waals surface area contributed by atoms with E-state index >= 15 is 0 Å². The van der Waals surface area contributed by atoms with Crippen molar-refractivity contribution in [1.82, 2.24) is 14.1 Å². The van der Waals surface area contributed by atoms with Gasteiger partial charge in [0, 0.05) is 42.0 Å². The topological polar surface area (TPSA) is 98.7 Å². The summed E-state index contributed by atoms with van der Waals surface area (Å²) >= 11 is 6.30. The van der Waals surface area contributed by atoms with Crippen molar-refractivity contribution in [3.63, 3.8) is 0 Å². The van der Waals surface area contributed by atoms with Gasteiger partial charge in [0.05, 0.1) is 12.3 Å². The van der Waals surface area contributed by atoms with Gasteiger partial charge in [-0.05, 0) is 63.2 Å². The predicted octanol–water partition coefficient (Wildman–Crippen LogP) is 5.44. The second kappa shape index (κ2) is 12.7. The van der Waals surface area contributed by atoms with Crippen LogP contribution in [0.5, 0.6) is 5.75 Å². The summed E-state index contributed by atoms with van der Waals surface area (Å²) in [5.41, 5.74) is 0.703. The molecule has 0 aromatic carbocycles. The quantitative estimate of drug-likeness (QED) is 0.267. The van der Waals surface area contributed by atoms with Crippen molar-refractivity contribution >= 4 is 23.6 Å². The molecule has 0 spiro atoms. The minimum Gasteiger partial charge on any atom is -0.485 e. The molecule has 216 valence electrons. The number of aliphatic hydroxyl groups is 1. The van der Waals surface area contributed by atoms with Crippen molar-refractivity contribution in [2.45, 2.75) is 59.2 Å². The molecule has 0 saturated heterocycles. The number of allylic oxidation sites excluding steroid dienone is 1. The van der Waals surface area contributed by atoms with E-state index < -0.39 is 23.3 Å². The molecule has 3 aromatic rings. The standard InChI is InChI=1S/C30H31ClF2N4O4/c1-17(20(4)38)14-35-27(37-10-5-6-23(29(37)39)19(3)21-7-8-21)9-11-36-18(2)12-26(28(31)30(36)40)41-16-25-24(33)13-22(32)15-34-25/h5-6,9-15,19-21,38H,7-8,16H2,1-4H3/b11-9+,17-14-,35-27-/t19-,20-/m0/s1. The summed E-state index contributed by atoms with van der Waals surface area (Å²) in [6, 6.07) is 5.78. The lowest BCUT2D eigenvalue weighted by atomic mass is 9.98. The molecule has 1 aliphatic rings. The average Bonchev–Trinajstić information content (AvgIpc) is 3.78. The monoisotopic (exact) mass is 584 g/mol. The zero-order valence-corrected chi connectivity index (χ0v) is 23.9. The summed E-state index contributed by atoms with van der Waals surface area (Å²) in [6.07, 6.45) is 8.30. The maximum atomic E-state index is 13.9. The third-order valence-electron chi connectivity index (χ3n) is 7.07. The smallest absolute Gasteiger partial charge is 0.277 e. The molecule has 0 radical (unpaired) electrons. The first-order valence-corrected chi connectivity index (χ1v) is 13.5. The molecule has 0 amide bonds. The number of hydrogen-bond donors (Lipinski definition) is 1. The highest BCUT2D eigenvalue weighted by Gasteiger charge is 2.30. The van der Waals surface area contributed by atoms with E-state index in [1.54, 1.807) is 33.0 Å². The SMILES string of the molecule is C/C(=C/N=C(/C=C/n1c(C)cc(OCc2ncc(F)cc2F)c(Cl)c1=O)n1cccc([C@@H](C)C2CC2)c1=O)[C@H](C)O. The molecule has 11 heteroatoms. The van der Waals surface area contributed by atoms with E-state index in [2.05, 4.69) is 9.98 Å². The van der Waals surface area contributed by atoms with Gasteiger partial charge in [-0.1, -0.05) is 24.6 Å². The normalized spacial score (nSPS) is 15.8. The minimum absolute atomic E-state index is 0.00621. The number of aryl methyl sites for hydroxylation is 1. The summed E-state index contributed by atoms with van der Waals surface area (Å²) in [4.78, 5) is 34.7. The van der Waals surface area contributed by atoms with E-state index in [0.29, 0.717) is 28.8 Å². The Kier molecular flexibility index (Phi) is 9.35. The zero-order valence-electron chi connectivity index (χ0n) is 23.1. The Morgan fingerprint density at radius 3 is 2.66 bits per heavy atom. The highest BCUT2D eigenvalue weighted by Crippen LogP contribution is 2.41. The number of pyridine rings is 3. The van der Waals surface area contributed by atoms with Gasteiger partial charge < -0.3 is 9.84 Å². The molecule has 8 nitrogen and oxygen atoms in total. The van der Waals surface area contributed by atoms with E-state index in [9.17, 15) is 23.5 Å². The minimum atomic E-state index is -0.883. The van der Waals surface area contributed by atoms with Gasteiger partial charge in [0.15, 0.2) is 5.82 Å². The Morgan fingerprint density at radius 1 is 1.27 bits per heavy atom. The Hall–Kier alpha value is -3.89. The number of nitrogens with zero attached hydrogens (tertiary/aromatic N) is 4. The Labute approximate surface area is 240 Å². The average molecular weight is 585 g/mol. The molecule has 41 heavy (non-hydrogen) atoms. The second-order valence-corrected chi connectivity index (χ2v) is 10.5. The van der Waals surface area contributed by atoms with Gasteiger partial charge >= 0.3 is 0 Å². The molecule has 1 saturated carbocycles. The molecular formula is C30H31ClF2N4O4. The number of aliphatic hydroxyl groups excluding tert-OH is 1. The van der Waals surface area contributed by atoms with Crippen LogP contribution in [0.3, 0.4) is 0 Å². The van der Waals surface area contributed by atoms with Gasteiger partial charge in [-0.25, -0.2) is 13.8 Å². The van der Waals surface area contributed by atoms with Crippen LogP contribution in [0.25, 0.3) is 6.20 Å². The number of aromatic nitrogens is 3. The maximum Gasteiger partial charge on any atom is 0.277 e. The van der Waals surface area contributed by atoms with E-state index in [4.69, 9.17) is 16.3 Å². The highest BCUT2D eigenvalue weighted by molar-refractivity contribution is 6.31. The first-order valence-electron chi connectivity index (χ1n) is 13.1. The van der Waals surface area contributed by atoms with Crippen molar-refractivity contribution in [3.05, 3.63) is 109 Å². The first-order chi connectivity index (χ1) is 19.5. The third-order valence-corrected chi connectivity index (χ3v) is 7.41. The molecular weight excluding hydrogens is 554 g/mol. The summed E-state index contributed by atoms with van der Waals surface area (Å²) in [6.45, 7) is 6.64. The molecule has 1 aliphatic carbocycles. The van der Waals surface area contributed by atoms with Crippen molar-refractivity contribution in [1.29, 1.82) is 0 Å². The highest BCUT2D eigenvalue weighted by atomic mass is 35.5. The Balaban J connectivity index is 1.69. The molecule has 2 atom stereocenters. The summed E-state index contributed by atoms with van der Waals surface area (Å²) in [5.74, 6) is -0.893. The van der Waals surface area contributed by atoms with Gasteiger partial charge in [-0.3, -0.25) is 23.7 Å². The first kappa shape index (κ1) is 30.1. The number of aliphatic imine (C=N–C) groups is 1. The van der Waals surface area contributed by atoms with Crippen LogP contribution in [-0.4, -0.2) is 31.2 Å². The van der Waals surface area contributed by atoms with Crippen molar-refractivity contribution < 1.29 is 18.6 Å². The molecule has 4 rings (SSSR count). The molecule has 0 bridgehead atoms. The number of rotatable bonds is 9. The lowest BCUT2D eigenvalue weighted by Crippen LogP contribution is -2.29. The van der Waals surface area contributed by atoms with E-state index in [1.807, 2.05) is 13.0 Å². The van der Waals surface area contributed by atoms with Crippen LogP contribution < -0.4 is 15.9 Å². The maximum absolute atomic E-state index is 13.9. The fraction of sp³-hybridized carbons (Fsp3) is 0.333. The largest absolute Gasteiger partial charge is 0.485 e. The fourth-order valence-electron chi connectivity index (χ4n) is 4.17. The second-order valence-electron chi connectivity index (χ2n) is 10.1. The molecule has 1 fully saturated rings. The van der Waals surface area contributed by atoms with Crippen LogP contribution in [0.4, 0.5) is 8.78 Å². The van der Waals surface area contributed by atoms with Gasteiger partial charge in [0.2, 0.25) is 0 Å². The van der Waals surface area contributed by atoms with Gasteiger partial charge in [-0.15, -0.1) is 0 Å². The van der Waals surface area contributed by atoms with Crippen LogP contribution >= 0.6 is 11.6 Å². The third kappa shape index (κ3) is 7.07. The Morgan fingerprint density at radius 2 is 2.00 bits per heavy atom. The predicted molar refractivity (Wildman–Crippen MR) is 154 cm³/mol. The lowest BCUT2D eigenvalue weighted by molar-refractivity contribution is 0.231. The van der Waals surface area contributed by atoms with Crippen LogP contribution in [0, 0.1) is 24.5 Å². The van der Waals surface area contributed by atoms with Crippen LogP contribution in [0.1, 0.15) is 56.5 Å².